The number of nitrogens with two attached hydrogens (primary N) is 2. The van der Waals surface area contributed by atoms with Crippen molar-refractivity contribution in [3.63, 3.8) is 0 Å². The Morgan fingerprint density at radius 1 is 0.720 bits per heavy atom. The van der Waals surface area contributed by atoms with Gasteiger partial charge in [0.1, 0.15) is 0 Å². The van der Waals surface area contributed by atoms with Gasteiger partial charge in [-0.15, -0.1) is 0 Å². The molecule has 2 heteroatoms. The molecule has 0 heterocycles. The molecule has 0 radical (unpaired) electrons. The smallest absolute Gasteiger partial charge is 0.0516 e. The number of fused-ring (bicyclic) bond motifs is 3. The van der Waals surface area contributed by atoms with Gasteiger partial charge in [-0.1, -0.05) is 88.1 Å². The Morgan fingerprint density at radius 3 is 1.52 bits per heavy atom. The Labute approximate surface area is 152 Å². The minimum absolute atomic E-state index is 0.0455. The molecule has 2 nitrogen and oxygen atoms in total. The second kappa shape index (κ2) is 7.72. The topological polar surface area (TPSA) is 52.0 Å². The van der Waals surface area contributed by atoms with Gasteiger partial charge in [-0.25, -0.2) is 0 Å². The van der Waals surface area contributed by atoms with Crippen LogP contribution in [-0.4, -0.2) is 12.1 Å². The maximum atomic E-state index is 6.92. The molecule has 25 heavy (non-hydrogen) atoms. The van der Waals surface area contributed by atoms with Crippen molar-refractivity contribution in [2.45, 2.75) is 69.9 Å². The zero-order chi connectivity index (χ0) is 17.9. The summed E-state index contributed by atoms with van der Waals surface area (Å²) in [7, 11) is 0. The molecule has 0 aliphatic heterocycles. The first-order chi connectivity index (χ1) is 12.2. The highest BCUT2D eigenvalue weighted by atomic mass is 14.8. The van der Waals surface area contributed by atoms with Crippen molar-refractivity contribution in [1.29, 1.82) is 0 Å². The first-order valence-corrected chi connectivity index (χ1v) is 9.88. The molecule has 0 aromatic heterocycles. The summed E-state index contributed by atoms with van der Waals surface area (Å²) >= 11 is 0. The van der Waals surface area contributed by atoms with Gasteiger partial charge in [-0.2, -0.15) is 0 Å². The molecular formula is C23H32N2. The normalized spacial score (nSPS) is 17.0. The average Bonchev–Trinajstić information content (AvgIpc) is 2.96. The van der Waals surface area contributed by atoms with Gasteiger partial charge in [0.15, 0.2) is 0 Å². The summed E-state index contributed by atoms with van der Waals surface area (Å²) in [4.78, 5) is 0. The van der Waals surface area contributed by atoms with Crippen LogP contribution in [-0.2, 0) is 5.41 Å². The summed E-state index contributed by atoms with van der Waals surface area (Å²) in [6.07, 6.45) is 6.65. The van der Waals surface area contributed by atoms with Gasteiger partial charge >= 0.3 is 0 Å². The van der Waals surface area contributed by atoms with Gasteiger partial charge in [0.05, 0.1) is 5.41 Å². The molecule has 0 spiro atoms. The fourth-order valence-corrected chi connectivity index (χ4v) is 4.68. The molecule has 0 amide bonds. The molecular weight excluding hydrogens is 304 g/mol. The summed E-state index contributed by atoms with van der Waals surface area (Å²) in [5.41, 5.74) is 18.9. The van der Waals surface area contributed by atoms with Gasteiger partial charge in [0.25, 0.3) is 0 Å². The minimum Gasteiger partial charge on any atom is -0.327 e. The van der Waals surface area contributed by atoms with E-state index in [-0.39, 0.29) is 17.5 Å². The largest absolute Gasteiger partial charge is 0.327 e. The summed E-state index contributed by atoms with van der Waals surface area (Å²) in [5.74, 6) is 0. The van der Waals surface area contributed by atoms with Crippen LogP contribution in [0.3, 0.4) is 0 Å². The Morgan fingerprint density at radius 2 is 1.12 bits per heavy atom. The van der Waals surface area contributed by atoms with E-state index in [2.05, 4.69) is 62.4 Å². The molecule has 4 N–H and O–H groups in total. The highest BCUT2D eigenvalue weighted by molar-refractivity contribution is 5.82. The van der Waals surface area contributed by atoms with Crippen LogP contribution in [0.2, 0.25) is 0 Å². The van der Waals surface area contributed by atoms with Crippen molar-refractivity contribution >= 4 is 0 Å². The molecule has 0 bridgehead atoms. The van der Waals surface area contributed by atoms with Crippen molar-refractivity contribution in [2.24, 2.45) is 11.5 Å². The third kappa shape index (κ3) is 2.92. The van der Waals surface area contributed by atoms with E-state index in [1.807, 2.05) is 0 Å². The lowest BCUT2D eigenvalue weighted by Crippen LogP contribution is -2.56. The SMILES string of the molecule is CCCCC(N)C1(C(N)CCCC)c2ccccc2-c2ccccc21. The number of rotatable bonds is 8. The molecule has 2 atom stereocenters. The Balaban J connectivity index is 2.19. The van der Waals surface area contributed by atoms with Crippen molar-refractivity contribution in [1.82, 2.24) is 0 Å². The van der Waals surface area contributed by atoms with E-state index in [0.29, 0.717) is 0 Å². The van der Waals surface area contributed by atoms with E-state index < -0.39 is 0 Å². The van der Waals surface area contributed by atoms with Crippen molar-refractivity contribution in [3.8, 4) is 11.1 Å². The van der Waals surface area contributed by atoms with Crippen LogP contribution in [0.15, 0.2) is 48.5 Å². The highest BCUT2D eigenvalue weighted by Crippen LogP contribution is 2.53. The summed E-state index contributed by atoms with van der Waals surface area (Å²) in [5, 5.41) is 0. The van der Waals surface area contributed by atoms with Crippen LogP contribution in [0.4, 0.5) is 0 Å². The average molecular weight is 337 g/mol. The standard InChI is InChI=1S/C23H32N2/c1-3-5-15-21(24)23(22(25)16-6-4-2)19-13-9-7-11-17(19)18-12-8-10-14-20(18)23/h7-14,21-22H,3-6,15-16,24-25H2,1-2H3. The van der Waals surface area contributed by atoms with E-state index in [0.717, 1.165) is 38.5 Å². The Kier molecular flexibility index (Phi) is 5.61. The van der Waals surface area contributed by atoms with Gasteiger partial charge in [-0.3, -0.25) is 0 Å². The summed E-state index contributed by atoms with van der Waals surface area (Å²) in [6, 6.07) is 17.6. The summed E-state index contributed by atoms with van der Waals surface area (Å²) < 4.78 is 0. The monoisotopic (exact) mass is 336 g/mol. The second-order valence-corrected chi connectivity index (χ2v) is 7.46. The minimum atomic E-state index is -0.266. The van der Waals surface area contributed by atoms with E-state index in [1.54, 1.807) is 0 Å². The molecule has 2 aromatic carbocycles. The quantitative estimate of drug-likeness (QED) is 0.713. The van der Waals surface area contributed by atoms with Crippen molar-refractivity contribution in [3.05, 3.63) is 59.7 Å². The van der Waals surface area contributed by atoms with Crippen molar-refractivity contribution in [2.75, 3.05) is 0 Å². The lowest BCUT2D eigenvalue weighted by Gasteiger charge is -2.43. The number of unbranched alkanes of at least 4 members (excludes halogenated alkanes) is 2. The molecule has 0 saturated heterocycles. The molecule has 2 unspecified atom stereocenters. The number of hydrogen-bond donors (Lipinski definition) is 2. The molecule has 0 saturated carbocycles. The van der Waals surface area contributed by atoms with Gasteiger partial charge < -0.3 is 11.5 Å². The lowest BCUT2D eigenvalue weighted by atomic mass is 9.65. The third-order valence-corrected chi connectivity index (χ3v) is 5.94. The van der Waals surface area contributed by atoms with Crippen LogP contribution in [0.5, 0.6) is 0 Å². The molecule has 1 aliphatic carbocycles. The first kappa shape index (κ1) is 18.2. The van der Waals surface area contributed by atoms with Crippen LogP contribution in [0, 0.1) is 0 Å². The molecule has 3 rings (SSSR count). The van der Waals surface area contributed by atoms with Crippen LogP contribution in [0.1, 0.15) is 63.5 Å². The van der Waals surface area contributed by atoms with Crippen molar-refractivity contribution < 1.29 is 0 Å². The Hall–Kier alpha value is -1.64. The molecule has 134 valence electrons. The highest BCUT2D eigenvalue weighted by Gasteiger charge is 2.50. The van der Waals surface area contributed by atoms with Gasteiger partial charge in [0.2, 0.25) is 0 Å². The zero-order valence-corrected chi connectivity index (χ0v) is 15.7. The van der Waals surface area contributed by atoms with Gasteiger partial charge in [0, 0.05) is 12.1 Å². The van der Waals surface area contributed by atoms with Crippen LogP contribution >= 0.6 is 0 Å². The molecule has 1 aliphatic rings. The van der Waals surface area contributed by atoms with E-state index in [1.165, 1.54) is 22.3 Å². The fourth-order valence-electron chi connectivity index (χ4n) is 4.68. The van der Waals surface area contributed by atoms with E-state index in [9.17, 15) is 0 Å². The summed E-state index contributed by atoms with van der Waals surface area (Å²) in [6.45, 7) is 4.46. The van der Waals surface area contributed by atoms with E-state index in [4.69, 9.17) is 11.5 Å². The van der Waals surface area contributed by atoms with Crippen LogP contribution < -0.4 is 11.5 Å². The molecule has 0 fully saturated rings. The lowest BCUT2D eigenvalue weighted by molar-refractivity contribution is 0.307. The fraction of sp³-hybridized carbons (Fsp3) is 0.478. The predicted molar refractivity (Wildman–Crippen MR) is 108 cm³/mol. The molecule has 2 aromatic rings. The van der Waals surface area contributed by atoms with E-state index >= 15 is 0 Å². The Bertz CT molecular complexity index is 645. The second-order valence-electron chi connectivity index (χ2n) is 7.46. The predicted octanol–water partition coefficient (Wildman–Crippen LogP) is 4.99. The third-order valence-electron chi connectivity index (χ3n) is 5.94. The first-order valence-electron chi connectivity index (χ1n) is 9.88. The van der Waals surface area contributed by atoms with Gasteiger partial charge in [-0.05, 0) is 35.1 Å². The number of benzene rings is 2. The van der Waals surface area contributed by atoms with Crippen LogP contribution in [0.25, 0.3) is 11.1 Å². The zero-order valence-electron chi connectivity index (χ0n) is 15.7. The number of hydrogen-bond acceptors (Lipinski definition) is 2. The maximum Gasteiger partial charge on any atom is 0.0516 e. The maximum absolute atomic E-state index is 6.92.